The zero-order chi connectivity index (χ0) is 13.3. The highest BCUT2D eigenvalue weighted by Gasteiger charge is 2.33. The second kappa shape index (κ2) is 5.19. The third kappa shape index (κ3) is 2.78. The number of likely N-dealkylation sites (tertiary alicyclic amines) is 1. The Labute approximate surface area is 110 Å². The number of aromatic amines is 1. The van der Waals surface area contributed by atoms with Gasteiger partial charge < -0.3 is 4.90 Å². The maximum absolute atomic E-state index is 11.7. The summed E-state index contributed by atoms with van der Waals surface area (Å²) in [4.78, 5) is 26.4. The van der Waals surface area contributed by atoms with E-state index in [2.05, 4.69) is 22.0 Å². The van der Waals surface area contributed by atoms with Crippen molar-refractivity contribution in [2.24, 2.45) is 5.92 Å². The van der Waals surface area contributed by atoms with Crippen molar-refractivity contribution < 1.29 is 4.79 Å². The molecule has 100 valence electrons. The first kappa shape index (κ1) is 13.2. The molecule has 6 nitrogen and oxygen atoms in total. The van der Waals surface area contributed by atoms with Gasteiger partial charge >= 0.3 is 4.87 Å². The summed E-state index contributed by atoms with van der Waals surface area (Å²) < 4.78 is 0. The fraction of sp³-hybridized carbons (Fsp3) is 0.727. The van der Waals surface area contributed by atoms with Crippen LogP contribution in [-0.2, 0) is 4.79 Å². The second-order valence-corrected chi connectivity index (χ2v) is 6.01. The fourth-order valence-corrected chi connectivity index (χ4v) is 3.08. The zero-order valence-corrected chi connectivity index (χ0v) is 11.7. The van der Waals surface area contributed by atoms with Gasteiger partial charge in [-0.25, -0.2) is 5.10 Å². The van der Waals surface area contributed by atoms with Crippen LogP contribution in [0.15, 0.2) is 4.79 Å². The standard InChI is InChI=1S/C11H18N4O2S/c1-7-4-15(6-9(16)14(2)3)5-8(7)10-12-13-11(17)18-10/h7-8H,4-6H2,1-3H3,(H,13,17)/t7-,8+/m1/s1. The minimum atomic E-state index is -0.111. The lowest BCUT2D eigenvalue weighted by Crippen LogP contribution is -2.35. The predicted octanol–water partition coefficient (Wildman–Crippen LogP) is -0.0451. The van der Waals surface area contributed by atoms with Crippen LogP contribution in [0.25, 0.3) is 0 Å². The van der Waals surface area contributed by atoms with E-state index in [9.17, 15) is 9.59 Å². The van der Waals surface area contributed by atoms with Crippen molar-refractivity contribution in [1.29, 1.82) is 0 Å². The number of nitrogens with one attached hydrogen (secondary N) is 1. The summed E-state index contributed by atoms with van der Waals surface area (Å²) in [6, 6.07) is 0. The molecule has 2 atom stereocenters. The van der Waals surface area contributed by atoms with Crippen molar-refractivity contribution in [3.63, 3.8) is 0 Å². The molecule has 1 fully saturated rings. The molecule has 1 amide bonds. The van der Waals surface area contributed by atoms with Crippen LogP contribution in [0.2, 0.25) is 0 Å². The zero-order valence-electron chi connectivity index (χ0n) is 10.8. The van der Waals surface area contributed by atoms with E-state index in [0.717, 1.165) is 18.1 Å². The Morgan fingerprint density at radius 2 is 2.28 bits per heavy atom. The fourth-order valence-electron chi connectivity index (χ4n) is 2.25. The third-order valence-corrected chi connectivity index (χ3v) is 4.20. The number of rotatable bonds is 3. The summed E-state index contributed by atoms with van der Waals surface area (Å²) in [5, 5.41) is 7.37. The average Bonchev–Trinajstić information content (AvgIpc) is 2.85. The molecule has 1 aromatic heterocycles. The van der Waals surface area contributed by atoms with E-state index in [1.165, 1.54) is 11.3 Å². The Morgan fingerprint density at radius 3 is 2.83 bits per heavy atom. The average molecular weight is 270 g/mol. The summed E-state index contributed by atoms with van der Waals surface area (Å²) >= 11 is 1.17. The number of carbonyl (C=O) groups is 1. The quantitative estimate of drug-likeness (QED) is 0.836. The Kier molecular flexibility index (Phi) is 3.82. The lowest BCUT2D eigenvalue weighted by molar-refractivity contribution is -0.129. The maximum Gasteiger partial charge on any atom is 0.322 e. The van der Waals surface area contributed by atoms with Crippen LogP contribution in [-0.4, -0.2) is 59.6 Å². The molecule has 0 aromatic carbocycles. The van der Waals surface area contributed by atoms with Gasteiger partial charge in [-0.3, -0.25) is 14.5 Å². The molecule has 0 spiro atoms. The van der Waals surface area contributed by atoms with Gasteiger partial charge in [0.2, 0.25) is 5.91 Å². The number of H-pyrrole nitrogens is 1. The van der Waals surface area contributed by atoms with Crippen LogP contribution in [0.4, 0.5) is 0 Å². The summed E-state index contributed by atoms with van der Waals surface area (Å²) in [7, 11) is 3.53. The number of amides is 1. The number of aromatic nitrogens is 2. The van der Waals surface area contributed by atoms with E-state index in [1.54, 1.807) is 19.0 Å². The molecule has 0 radical (unpaired) electrons. The van der Waals surface area contributed by atoms with E-state index in [1.807, 2.05) is 0 Å². The lowest BCUT2D eigenvalue weighted by atomic mass is 9.99. The predicted molar refractivity (Wildman–Crippen MR) is 69.8 cm³/mol. The number of likely N-dealkylation sites (N-methyl/N-ethyl adjacent to an activating group) is 1. The summed E-state index contributed by atoms with van der Waals surface area (Å²) in [6.45, 7) is 4.24. The molecular weight excluding hydrogens is 252 g/mol. The summed E-state index contributed by atoms with van der Waals surface area (Å²) in [5.41, 5.74) is 0. The first-order valence-corrected chi connectivity index (χ1v) is 6.77. The minimum Gasteiger partial charge on any atom is -0.348 e. The SMILES string of the molecule is C[C@@H]1CN(CC(=O)N(C)C)C[C@@H]1c1n[nH]c(=O)s1. The van der Waals surface area contributed by atoms with Crippen LogP contribution < -0.4 is 4.87 Å². The van der Waals surface area contributed by atoms with Crippen LogP contribution in [0, 0.1) is 5.92 Å². The molecule has 1 aliphatic heterocycles. The molecule has 1 aromatic rings. The molecule has 7 heteroatoms. The van der Waals surface area contributed by atoms with Crippen molar-refractivity contribution >= 4 is 17.2 Å². The van der Waals surface area contributed by atoms with Crippen molar-refractivity contribution in [2.75, 3.05) is 33.7 Å². The van der Waals surface area contributed by atoms with Gasteiger partial charge in [-0.05, 0) is 5.92 Å². The molecule has 0 saturated carbocycles. The molecule has 1 aliphatic rings. The lowest BCUT2D eigenvalue weighted by Gasteiger charge is -2.17. The van der Waals surface area contributed by atoms with E-state index in [-0.39, 0.29) is 16.7 Å². The summed E-state index contributed by atoms with van der Waals surface area (Å²) in [5.74, 6) is 0.779. The Hall–Kier alpha value is -1.21. The monoisotopic (exact) mass is 270 g/mol. The molecule has 0 unspecified atom stereocenters. The molecule has 2 heterocycles. The Bertz CT molecular complexity index is 481. The van der Waals surface area contributed by atoms with Crippen LogP contribution in [0.1, 0.15) is 17.8 Å². The highest BCUT2D eigenvalue weighted by molar-refractivity contribution is 7.08. The Morgan fingerprint density at radius 1 is 1.56 bits per heavy atom. The summed E-state index contributed by atoms with van der Waals surface area (Å²) in [6.07, 6.45) is 0. The van der Waals surface area contributed by atoms with Gasteiger partial charge in [0, 0.05) is 33.1 Å². The van der Waals surface area contributed by atoms with Crippen molar-refractivity contribution in [3.8, 4) is 0 Å². The van der Waals surface area contributed by atoms with Gasteiger partial charge in [-0.1, -0.05) is 18.3 Å². The topological polar surface area (TPSA) is 69.3 Å². The van der Waals surface area contributed by atoms with Crippen LogP contribution in [0.5, 0.6) is 0 Å². The van der Waals surface area contributed by atoms with Crippen molar-refractivity contribution in [3.05, 3.63) is 14.7 Å². The Balaban J connectivity index is 2.01. The molecule has 1 N–H and O–H groups in total. The van der Waals surface area contributed by atoms with Gasteiger partial charge in [0.15, 0.2) is 0 Å². The van der Waals surface area contributed by atoms with E-state index < -0.39 is 0 Å². The first-order chi connectivity index (χ1) is 8.47. The van der Waals surface area contributed by atoms with Gasteiger partial charge in [0.25, 0.3) is 0 Å². The highest BCUT2D eigenvalue weighted by atomic mass is 32.1. The van der Waals surface area contributed by atoms with Gasteiger partial charge in [-0.2, -0.15) is 5.10 Å². The molecule has 18 heavy (non-hydrogen) atoms. The smallest absolute Gasteiger partial charge is 0.322 e. The number of nitrogens with zero attached hydrogens (tertiary/aromatic N) is 3. The highest BCUT2D eigenvalue weighted by Crippen LogP contribution is 2.31. The van der Waals surface area contributed by atoms with Crippen molar-refractivity contribution in [2.45, 2.75) is 12.8 Å². The van der Waals surface area contributed by atoms with Gasteiger partial charge in [0.05, 0.1) is 6.54 Å². The second-order valence-electron chi connectivity index (χ2n) is 5.02. The van der Waals surface area contributed by atoms with Crippen LogP contribution >= 0.6 is 11.3 Å². The number of hydrogen-bond acceptors (Lipinski definition) is 5. The molecule has 0 aliphatic carbocycles. The van der Waals surface area contributed by atoms with Gasteiger partial charge in [0.1, 0.15) is 5.01 Å². The maximum atomic E-state index is 11.7. The first-order valence-electron chi connectivity index (χ1n) is 5.95. The normalized spacial score (nSPS) is 24.4. The minimum absolute atomic E-state index is 0.109. The third-order valence-electron chi connectivity index (χ3n) is 3.32. The van der Waals surface area contributed by atoms with E-state index >= 15 is 0 Å². The number of carbonyl (C=O) groups excluding carboxylic acids is 1. The van der Waals surface area contributed by atoms with Crippen LogP contribution in [0.3, 0.4) is 0 Å². The molecule has 1 saturated heterocycles. The van der Waals surface area contributed by atoms with E-state index in [4.69, 9.17) is 0 Å². The van der Waals surface area contributed by atoms with Gasteiger partial charge in [-0.15, -0.1) is 0 Å². The van der Waals surface area contributed by atoms with Crippen molar-refractivity contribution in [1.82, 2.24) is 20.0 Å². The molecule has 2 rings (SSSR count). The van der Waals surface area contributed by atoms with E-state index in [0.29, 0.717) is 12.5 Å². The molecular formula is C11H18N4O2S. The molecule has 0 bridgehead atoms. The largest absolute Gasteiger partial charge is 0.348 e. The number of hydrogen-bond donors (Lipinski definition) is 1.